The minimum atomic E-state index is 0.557. The van der Waals surface area contributed by atoms with Crippen molar-refractivity contribution in [1.82, 2.24) is 0 Å². The molecule has 4 nitrogen and oxygen atoms in total. The lowest BCUT2D eigenvalue weighted by Crippen LogP contribution is -1.96. The van der Waals surface area contributed by atoms with Crippen LogP contribution in [0.25, 0.3) is 0 Å². The predicted octanol–water partition coefficient (Wildman–Crippen LogP) is 6.49. The van der Waals surface area contributed by atoms with E-state index >= 15 is 0 Å². The first-order valence-corrected chi connectivity index (χ1v) is 10.7. The molecule has 0 unspecified atom stereocenters. The Kier molecular flexibility index (Phi) is 7.53. The van der Waals surface area contributed by atoms with Crippen molar-refractivity contribution >= 4 is 11.9 Å². The summed E-state index contributed by atoms with van der Waals surface area (Å²) >= 11 is 0. The third-order valence-electron chi connectivity index (χ3n) is 4.89. The Hall–Kier alpha value is -4.05. The highest BCUT2D eigenvalue weighted by molar-refractivity contribution is 5.63. The first kappa shape index (κ1) is 21.2. The molecule has 0 spiro atoms. The lowest BCUT2D eigenvalue weighted by atomic mass is 10.1. The molecule has 0 saturated carbocycles. The third kappa shape index (κ3) is 6.74. The molecule has 0 aromatic heterocycles. The molecule has 4 aromatic carbocycles. The van der Waals surface area contributed by atoms with Crippen molar-refractivity contribution in [3.63, 3.8) is 0 Å². The fraction of sp³-hybridized carbons (Fsp3) is 0.107. The number of hydrogen-bond donors (Lipinski definition) is 1. The van der Waals surface area contributed by atoms with E-state index in [2.05, 4.69) is 46.9 Å². The number of benzene rings is 4. The minimum absolute atomic E-state index is 0.557. The van der Waals surface area contributed by atoms with Gasteiger partial charge in [0.1, 0.15) is 24.7 Å². The van der Waals surface area contributed by atoms with Crippen molar-refractivity contribution < 1.29 is 9.47 Å². The van der Waals surface area contributed by atoms with Gasteiger partial charge in [0.2, 0.25) is 0 Å². The normalized spacial score (nSPS) is 10.8. The molecule has 0 atom stereocenters. The molecule has 0 aliphatic carbocycles. The second-order valence-corrected chi connectivity index (χ2v) is 7.34. The summed E-state index contributed by atoms with van der Waals surface area (Å²) in [5.41, 5.74) is 7.45. The second-order valence-electron chi connectivity index (χ2n) is 7.34. The number of hydrogen-bond acceptors (Lipinski definition) is 4. The molecule has 4 rings (SSSR count). The zero-order chi connectivity index (χ0) is 21.8. The van der Waals surface area contributed by atoms with Crippen LogP contribution in [-0.2, 0) is 19.6 Å². The van der Waals surface area contributed by atoms with Crippen molar-refractivity contribution in [2.75, 3.05) is 5.43 Å². The van der Waals surface area contributed by atoms with Gasteiger partial charge in [-0.1, -0.05) is 72.8 Å². The van der Waals surface area contributed by atoms with Crippen molar-refractivity contribution in [1.29, 1.82) is 0 Å². The number of anilines is 1. The first-order valence-electron chi connectivity index (χ1n) is 10.7. The molecule has 0 bridgehead atoms. The molecule has 0 amide bonds. The monoisotopic (exact) mass is 422 g/mol. The Morgan fingerprint density at radius 2 is 1.06 bits per heavy atom. The van der Waals surface area contributed by atoms with Gasteiger partial charge in [0.25, 0.3) is 0 Å². The Bertz CT molecular complexity index is 1000. The zero-order valence-electron chi connectivity index (χ0n) is 17.9. The summed E-state index contributed by atoms with van der Waals surface area (Å²) < 4.78 is 11.6. The quantitative estimate of drug-likeness (QED) is 0.235. The molecule has 0 heterocycles. The van der Waals surface area contributed by atoms with Gasteiger partial charge < -0.3 is 9.47 Å². The van der Waals surface area contributed by atoms with Gasteiger partial charge in [0, 0.05) is 12.6 Å². The van der Waals surface area contributed by atoms with Crippen LogP contribution in [0.1, 0.15) is 16.7 Å². The summed E-state index contributed by atoms with van der Waals surface area (Å²) in [4.78, 5) is 0. The molecule has 160 valence electrons. The summed E-state index contributed by atoms with van der Waals surface area (Å²) in [6, 6.07) is 36.2. The van der Waals surface area contributed by atoms with Gasteiger partial charge in [-0.15, -0.1) is 0 Å². The molecular weight excluding hydrogens is 396 g/mol. The Balaban J connectivity index is 1.19. The van der Waals surface area contributed by atoms with Crippen LogP contribution < -0.4 is 14.9 Å². The number of ether oxygens (including phenoxy) is 2. The Morgan fingerprint density at radius 1 is 0.562 bits per heavy atom. The molecule has 4 aromatic rings. The molecule has 0 fully saturated rings. The second kappa shape index (κ2) is 11.4. The molecule has 4 heteroatoms. The highest BCUT2D eigenvalue weighted by atomic mass is 16.5. The van der Waals surface area contributed by atoms with Gasteiger partial charge in [0.15, 0.2) is 0 Å². The van der Waals surface area contributed by atoms with Crippen molar-refractivity contribution in [2.45, 2.75) is 19.6 Å². The van der Waals surface area contributed by atoms with Crippen LogP contribution in [0.5, 0.6) is 11.5 Å². The van der Waals surface area contributed by atoms with E-state index < -0.39 is 0 Å². The standard InChI is InChI=1S/C28H26N2O2/c1-3-7-24(8-4-1)21-31-27-15-11-23(12-16-27)19-20-29-30-26-13-17-28(18-14-26)32-22-25-9-5-2-6-10-25/h1-18,20,30H,19,21-22H2. The lowest BCUT2D eigenvalue weighted by Gasteiger charge is -2.07. The van der Waals surface area contributed by atoms with Gasteiger partial charge in [0.05, 0.1) is 5.69 Å². The van der Waals surface area contributed by atoms with Gasteiger partial charge >= 0.3 is 0 Å². The smallest absolute Gasteiger partial charge is 0.119 e. The lowest BCUT2D eigenvalue weighted by molar-refractivity contribution is 0.306. The highest BCUT2D eigenvalue weighted by Crippen LogP contribution is 2.17. The summed E-state index contributed by atoms with van der Waals surface area (Å²) in [5.74, 6) is 1.69. The first-order chi connectivity index (χ1) is 15.8. The fourth-order valence-electron chi connectivity index (χ4n) is 3.10. The van der Waals surface area contributed by atoms with Crippen LogP contribution in [0, 0.1) is 0 Å². The van der Waals surface area contributed by atoms with Gasteiger partial charge in [-0.3, -0.25) is 5.43 Å². The predicted molar refractivity (Wildman–Crippen MR) is 130 cm³/mol. The van der Waals surface area contributed by atoms with Crippen molar-refractivity contribution in [3.05, 3.63) is 126 Å². The molecule has 0 aliphatic rings. The van der Waals surface area contributed by atoms with Crippen LogP contribution in [0.15, 0.2) is 114 Å². The number of nitrogens with one attached hydrogen (secondary N) is 1. The number of nitrogens with zero attached hydrogens (tertiary/aromatic N) is 1. The van der Waals surface area contributed by atoms with Crippen LogP contribution >= 0.6 is 0 Å². The molecular formula is C28H26N2O2. The Morgan fingerprint density at radius 3 is 1.59 bits per heavy atom. The van der Waals surface area contributed by atoms with Crippen LogP contribution in [0.4, 0.5) is 5.69 Å². The van der Waals surface area contributed by atoms with Crippen LogP contribution in [0.3, 0.4) is 0 Å². The van der Waals surface area contributed by atoms with Crippen molar-refractivity contribution in [2.24, 2.45) is 5.10 Å². The SMILES string of the molecule is C(Cc1ccc(OCc2ccccc2)cc1)=NNc1ccc(OCc2ccccc2)cc1. The van der Waals surface area contributed by atoms with E-state index in [1.807, 2.05) is 79.0 Å². The van der Waals surface area contributed by atoms with E-state index in [4.69, 9.17) is 9.47 Å². The summed E-state index contributed by atoms with van der Waals surface area (Å²) in [7, 11) is 0. The van der Waals surface area contributed by atoms with E-state index in [1.54, 1.807) is 0 Å². The minimum Gasteiger partial charge on any atom is -0.489 e. The van der Waals surface area contributed by atoms with Gasteiger partial charge in [-0.05, 0) is 53.1 Å². The van der Waals surface area contributed by atoms with Gasteiger partial charge in [-0.2, -0.15) is 5.10 Å². The maximum Gasteiger partial charge on any atom is 0.119 e. The van der Waals surface area contributed by atoms with Crippen LogP contribution in [0.2, 0.25) is 0 Å². The molecule has 1 N–H and O–H groups in total. The summed E-state index contributed by atoms with van der Waals surface area (Å²) in [6.07, 6.45) is 2.60. The third-order valence-corrected chi connectivity index (χ3v) is 4.89. The topological polar surface area (TPSA) is 42.8 Å². The van der Waals surface area contributed by atoms with E-state index in [0.717, 1.165) is 34.7 Å². The van der Waals surface area contributed by atoms with E-state index in [1.165, 1.54) is 5.56 Å². The number of hydrazone groups is 1. The van der Waals surface area contributed by atoms with E-state index in [9.17, 15) is 0 Å². The maximum absolute atomic E-state index is 5.83. The fourth-order valence-corrected chi connectivity index (χ4v) is 3.10. The molecule has 32 heavy (non-hydrogen) atoms. The largest absolute Gasteiger partial charge is 0.489 e. The highest BCUT2D eigenvalue weighted by Gasteiger charge is 1.98. The van der Waals surface area contributed by atoms with E-state index in [0.29, 0.717) is 13.2 Å². The Labute approximate surface area is 189 Å². The van der Waals surface area contributed by atoms with E-state index in [-0.39, 0.29) is 0 Å². The summed E-state index contributed by atoms with van der Waals surface area (Å²) in [5, 5.41) is 4.31. The molecule has 0 saturated heterocycles. The van der Waals surface area contributed by atoms with Gasteiger partial charge in [-0.25, -0.2) is 0 Å². The zero-order valence-corrected chi connectivity index (χ0v) is 17.9. The molecule has 0 aliphatic heterocycles. The maximum atomic E-state index is 5.83. The molecule has 0 radical (unpaired) electrons. The average molecular weight is 423 g/mol. The van der Waals surface area contributed by atoms with Crippen LogP contribution in [-0.4, -0.2) is 6.21 Å². The number of rotatable bonds is 10. The average Bonchev–Trinajstić information content (AvgIpc) is 2.87. The summed E-state index contributed by atoms with van der Waals surface area (Å²) in [6.45, 7) is 1.13. The van der Waals surface area contributed by atoms with Crippen molar-refractivity contribution in [3.8, 4) is 11.5 Å².